The average Bonchev–Trinajstić information content (AvgIpc) is 3.36. The van der Waals surface area contributed by atoms with Crippen LogP contribution in [0.1, 0.15) is 32.1 Å². The van der Waals surface area contributed by atoms with E-state index < -0.39 is 0 Å². The van der Waals surface area contributed by atoms with Crippen molar-refractivity contribution in [2.75, 3.05) is 33.3 Å². The summed E-state index contributed by atoms with van der Waals surface area (Å²) in [6, 6.07) is 9.11. The van der Waals surface area contributed by atoms with E-state index in [4.69, 9.17) is 9.47 Å². The summed E-state index contributed by atoms with van der Waals surface area (Å²) < 4.78 is 11.8. The Hall–Kier alpha value is -1.95. The van der Waals surface area contributed by atoms with Crippen LogP contribution in [0.25, 0.3) is 0 Å². The monoisotopic (exact) mass is 358 g/mol. The quantitative estimate of drug-likeness (QED) is 0.637. The fourth-order valence-electron chi connectivity index (χ4n) is 4.27. The Kier molecular flexibility index (Phi) is 5.48. The van der Waals surface area contributed by atoms with Crippen LogP contribution in [0.3, 0.4) is 0 Å². The number of nitrogens with one attached hydrogen (secondary N) is 2. The fourth-order valence-corrected chi connectivity index (χ4v) is 4.27. The minimum atomic E-state index is -0.0120. The second-order valence-corrected chi connectivity index (χ2v) is 7.51. The lowest BCUT2D eigenvalue weighted by Gasteiger charge is -2.27. The Labute approximate surface area is 156 Å². The Balaban J connectivity index is 1.23. The standard InChI is InChI=1S/C20H30N4O2/c1-21-20(23-15-10-11-24(13-15)16-6-2-3-7-16)22-12-17-14-25-18-8-4-5-9-19(18)26-17/h4-5,8-9,15-17H,2-3,6-7,10-14H2,1H3,(H2,21,22,23). The molecule has 0 radical (unpaired) electrons. The fraction of sp³-hybridized carbons (Fsp3) is 0.650. The summed E-state index contributed by atoms with van der Waals surface area (Å²) in [7, 11) is 1.83. The molecule has 1 aliphatic carbocycles. The molecular formula is C20H30N4O2. The van der Waals surface area contributed by atoms with Gasteiger partial charge in [0.05, 0.1) is 6.54 Å². The number of nitrogens with zero attached hydrogens (tertiary/aromatic N) is 2. The Bertz CT molecular complexity index is 630. The number of likely N-dealkylation sites (tertiary alicyclic amines) is 1. The maximum absolute atomic E-state index is 6.00. The van der Waals surface area contributed by atoms with Gasteiger partial charge in [-0.15, -0.1) is 0 Å². The van der Waals surface area contributed by atoms with Gasteiger partial charge in [0, 0.05) is 32.2 Å². The summed E-state index contributed by atoms with van der Waals surface area (Å²) in [5.74, 6) is 2.49. The van der Waals surface area contributed by atoms with E-state index in [1.54, 1.807) is 0 Å². The summed E-state index contributed by atoms with van der Waals surface area (Å²) in [5.41, 5.74) is 0. The lowest BCUT2D eigenvalue weighted by Crippen LogP contribution is -2.49. The molecule has 2 fully saturated rings. The van der Waals surface area contributed by atoms with E-state index in [9.17, 15) is 0 Å². The largest absolute Gasteiger partial charge is 0.486 e. The smallest absolute Gasteiger partial charge is 0.191 e. The zero-order chi connectivity index (χ0) is 17.8. The molecule has 2 aliphatic heterocycles. The lowest BCUT2D eigenvalue weighted by atomic mass is 10.2. The van der Waals surface area contributed by atoms with Gasteiger partial charge in [0.2, 0.25) is 0 Å². The highest BCUT2D eigenvalue weighted by molar-refractivity contribution is 5.80. The van der Waals surface area contributed by atoms with Crippen molar-refractivity contribution < 1.29 is 9.47 Å². The summed E-state index contributed by atoms with van der Waals surface area (Å²) in [5, 5.41) is 6.98. The zero-order valence-electron chi connectivity index (χ0n) is 15.6. The van der Waals surface area contributed by atoms with Crippen LogP contribution < -0.4 is 20.1 Å². The average molecular weight is 358 g/mol. The van der Waals surface area contributed by atoms with Gasteiger partial charge in [-0.25, -0.2) is 0 Å². The van der Waals surface area contributed by atoms with Crippen molar-refractivity contribution in [3.05, 3.63) is 24.3 Å². The second-order valence-electron chi connectivity index (χ2n) is 7.51. The first kappa shape index (κ1) is 17.5. The van der Waals surface area contributed by atoms with Crippen LogP contribution in [0.4, 0.5) is 0 Å². The molecule has 0 bridgehead atoms. The second kappa shape index (κ2) is 8.16. The number of fused-ring (bicyclic) bond motifs is 1. The third-order valence-electron chi connectivity index (χ3n) is 5.69. The molecular weight excluding hydrogens is 328 g/mol. The van der Waals surface area contributed by atoms with Crippen molar-refractivity contribution in [2.24, 2.45) is 4.99 Å². The maximum atomic E-state index is 6.00. The van der Waals surface area contributed by atoms with Crippen LogP contribution >= 0.6 is 0 Å². The summed E-state index contributed by atoms with van der Waals surface area (Å²) in [6.45, 7) is 3.56. The minimum absolute atomic E-state index is 0.0120. The molecule has 2 N–H and O–H groups in total. The van der Waals surface area contributed by atoms with Crippen LogP contribution in [0.15, 0.2) is 29.3 Å². The molecule has 1 saturated heterocycles. The molecule has 4 rings (SSSR count). The minimum Gasteiger partial charge on any atom is -0.486 e. The van der Waals surface area contributed by atoms with Crippen LogP contribution in [0.2, 0.25) is 0 Å². The molecule has 1 saturated carbocycles. The number of hydrogen-bond donors (Lipinski definition) is 2. The molecule has 142 valence electrons. The molecule has 6 nitrogen and oxygen atoms in total. The molecule has 1 aromatic carbocycles. The highest BCUT2D eigenvalue weighted by Gasteiger charge is 2.30. The number of para-hydroxylation sites is 2. The molecule has 26 heavy (non-hydrogen) atoms. The highest BCUT2D eigenvalue weighted by atomic mass is 16.6. The lowest BCUT2D eigenvalue weighted by molar-refractivity contribution is 0.0935. The molecule has 0 amide bonds. The van der Waals surface area contributed by atoms with Gasteiger partial charge in [-0.05, 0) is 31.4 Å². The van der Waals surface area contributed by atoms with Crippen molar-refractivity contribution in [3.63, 3.8) is 0 Å². The topological polar surface area (TPSA) is 58.1 Å². The molecule has 3 aliphatic rings. The van der Waals surface area contributed by atoms with Crippen molar-refractivity contribution in [3.8, 4) is 11.5 Å². The van der Waals surface area contributed by atoms with Crippen LogP contribution in [0, 0.1) is 0 Å². The zero-order valence-corrected chi connectivity index (χ0v) is 15.6. The molecule has 1 aromatic rings. The van der Waals surface area contributed by atoms with E-state index in [2.05, 4.69) is 20.5 Å². The molecule has 2 atom stereocenters. The number of rotatable bonds is 4. The van der Waals surface area contributed by atoms with Gasteiger partial charge in [0.15, 0.2) is 17.5 Å². The van der Waals surface area contributed by atoms with Crippen molar-refractivity contribution in [1.82, 2.24) is 15.5 Å². The number of hydrogen-bond acceptors (Lipinski definition) is 4. The molecule has 0 spiro atoms. The normalized spacial score (nSPS) is 26.9. The molecule has 2 heterocycles. The SMILES string of the molecule is CN=C(NCC1COc2ccccc2O1)NC1CCN(C2CCCC2)C1. The Morgan fingerprint density at radius 2 is 2.00 bits per heavy atom. The number of aliphatic imine (C=N–C) groups is 1. The number of guanidine groups is 1. The molecule has 0 aromatic heterocycles. The summed E-state index contributed by atoms with van der Waals surface area (Å²) in [4.78, 5) is 7.04. The first-order valence-corrected chi connectivity index (χ1v) is 9.91. The van der Waals surface area contributed by atoms with E-state index in [-0.39, 0.29) is 6.10 Å². The van der Waals surface area contributed by atoms with Crippen LogP contribution in [0.5, 0.6) is 11.5 Å². The third kappa shape index (κ3) is 4.06. The van der Waals surface area contributed by atoms with Crippen LogP contribution in [-0.2, 0) is 0 Å². The maximum Gasteiger partial charge on any atom is 0.191 e. The van der Waals surface area contributed by atoms with Gasteiger partial charge in [-0.1, -0.05) is 25.0 Å². The van der Waals surface area contributed by atoms with Gasteiger partial charge in [0.25, 0.3) is 0 Å². The van der Waals surface area contributed by atoms with Crippen LogP contribution in [-0.4, -0.2) is 62.3 Å². The third-order valence-corrected chi connectivity index (χ3v) is 5.69. The first-order valence-electron chi connectivity index (χ1n) is 9.91. The number of ether oxygens (including phenoxy) is 2. The van der Waals surface area contributed by atoms with E-state index in [0.29, 0.717) is 19.2 Å². The van der Waals surface area contributed by atoms with Crippen molar-refractivity contribution >= 4 is 5.96 Å². The predicted octanol–water partition coefficient (Wildman–Crippen LogP) is 2.01. The van der Waals surface area contributed by atoms with Gasteiger partial charge >= 0.3 is 0 Å². The highest BCUT2D eigenvalue weighted by Crippen LogP contribution is 2.30. The summed E-state index contributed by atoms with van der Waals surface area (Å²) in [6.07, 6.45) is 6.72. The van der Waals surface area contributed by atoms with E-state index >= 15 is 0 Å². The van der Waals surface area contributed by atoms with E-state index in [0.717, 1.165) is 30.0 Å². The Morgan fingerprint density at radius 3 is 2.81 bits per heavy atom. The number of benzene rings is 1. The van der Waals surface area contributed by atoms with Gasteiger partial charge < -0.3 is 20.1 Å². The van der Waals surface area contributed by atoms with Gasteiger partial charge in [-0.2, -0.15) is 0 Å². The molecule has 6 heteroatoms. The van der Waals surface area contributed by atoms with E-state index in [1.165, 1.54) is 38.6 Å². The van der Waals surface area contributed by atoms with Gasteiger partial charge in [0.1, 0.15) is 12.7 Å². The van der Waals surface area contributed by atoms with E-state index in [1.807, 2.05) is 31.3 Å². The first-order chi connectivity index (χ1) is 12.8. The van der Waals surface area contributed by atoms with Crippen molar-refractivity contribution in [1.29, 1.82) is 0 Å². The Morgan fingerprint density at radius 1 is 1.19 bits per heavy atom. The molecule has 2 unspecified atom stereocenters. The van der Waals surface area contributed by atoms with Gasteiger partial charge in [-0.3, -0.25) is 9.89 Å². The predicted molar refractivity (Wildman–Crippen MR) is 103 cm³/mol. The summed E-state index contributed by atoms with van der Waals surface area (Å²) >= 11 is 0. The van der Waals surface area contributed by atoms with Crippen molar-refractivity contribution in [2.45, 2.75) is 50.3 Å².